The molecule has 3 aromatic rings. The molecule has 1 spiro atoms. The third kappa shape index (κ3) is 2.80. The fourth-order valence-corrected chi connectivity index (χ4v) is 5.10. The molecule has 1 amide bonds. The maximum atomic E-state index is 13.1. The van der Waals surface area contributed by atoms with Crippen LogP contribution in [0.4, 0.5) is 0 Å². The number of ether oxygens (including phenoxy) is 1. The molecule has 2 aliphatic heterocycles. The number of hydrogen-bond acceptors (Lipinski definition) is 3. The Balaban J connectivity index is 1.37. The van der Waals surface area contributed by atoms with Crippen molar-refractivity contribution in [3.63, 3.8) is 0 Å². The molecule has 0 saturated carbocycles. The van der Waals surface area contributed by atoms with E-state index in [4.69, 9.17) is 9.15 Å². The van der Waals surface area contributed by atoms with Crippen molar-refractivity contribution in [2.75, 3.05) is 13.1 Å². The van der Waals surface area contributed by atoms with E-state index in [0.29, 0.717) is 25.5 Å². The quantitative estimate of drug-likeness (QED) is 0.535. The zero-order valence-corrected chi connectivity index (χ0v) is 17.4. The van der Waals surface area contributed by atoms with E-state index in [9.17, 15) is 4.79 Å². The number of rotatable bonds is 2. The van der Waals surface area contributed by atoms with Gasteiger partial charge in [0.05, 0.1) is 12.2 Å². The van der Waals surface area contributed by atoms with E-state index in [-0.39, 0.29) is 11.5 Å². The Bertz CT molecular complexity index is 1060. The summed E-state index contributed by atoms with van der Waals surface area (Å²) in [6, 6.07) is 14.4. The molecule has 0 bridgehead atoms. The van der Waals surface area contributed by atoms with Gasteiger partial charge in [0.1, 0.15) is 5.58 Å². The Kier molecular flexibility index (Phi) is 4.33. The molecule has 2 aromatic carbocycles. The number of furan rings is 1. The first kappa shape index (κ1) is 18.0. The van der Waals surface area contributed by atoms with E-state index in [1.165, 1.54) is 11.1 Å². The first-order valence-electron chi connectivity index (χ1n) is 9.83. The van der Waals surface area contributed by atoms with Gasteiger partial charge in [-0.3, -0.25) is 4.79 Å². The minimum absolute atomic E-state index is 0.0319. The Morgan fingerprint density at radius 2 is 1.96 bits per heavy atom. The number of benzene rings is 2. The highest BCUT2D eigenvalue weighted by Gasteiger charge is 2.43. The Hall–Kier alpha value is -2.11. The number of nitrogens with zero attached hydrogens (tertiary/aromatic N) is 1. The van der Waals surface area contributed by atoms with Crippen molar-refractivity contribution >= 4 is 32.8 Å². The average Bonchev–Trinajstić information content (AvgIpc) is 3.30. The van der Waals surface area contributed by atoms with Gasteiger partial charge in [-0.15, -0.1) is 0 Å². The van der Waals surface area contributed by atoms with Crippen molar-refractivity contribution in [3.8, 4) is 0 Å². The van der Waals surface area contributed by atoms with Crippen LogP contribution in [0.1, 0.15) is 47.0 Å². The van der Waals surface area contributed by atoms with Crippen LogP contribution in [0.25, 0.3) is 11.0 Å². The molecule has 1 saturated heterocycles. The van der Waals surface area contributed by atoms with Gasteiger partial charge in [0.15, 0.2) is 5.76 Å². The number of aryl methyl sites for hydroxylation is 1. The summed E-state index contributed by atoms with van der Waals surface area (Å²) in [7, 11) is 0. The highest BCUT2D eigenvalue weighted by Crippen LogP contribution is 2.44. The third-order valence-corrected chi connectivity index (χ3v) is 6.58. The van der Waals surface area contributed by atoms with Crippen LogP contribution in [0.3, 0.4) is 0 Å². The Morgan fingerprint density at radius 1 is 1.18 bits per heavy atom. The summed E-state index contributed by atoms with van der Waals surface area (Å²) in [6.45, 7) is 4.11. The first-order chi connectivity index (χ1) is 13.6. The predicted molar refractivity (Wildman–Crippen MR) is 111 cm³/mol. The van der Waals surface area contributed by atoms with Gasteiger partial charge in [0.2, 0.25) is 0 Å². The van der Waals surface area contributed by atoms with E-state index >= 15 is 0 Å². The fourth-order valence-electron chi connectivity index (χ4n) is 4.58. The van der Waals surface area contributed by atoms with Crippen LogP contribution in [-0.4, -0.2) is 23.9 Å². The number of halogens is 1. The fraction of sp³-hybridized carbons (Fsp3) is 0.348. The van der Waals surface area contributed by atoms with Gasteiger partial charge in [-0.25, -0.2) is 0 Å². The molecule has 1 fully saturated rings. The van der Waals surface area contributed by atoms with E-state index in [1.807, 2.05) is 17.0 Å². The molecule has 144 valence electrons. The van der Waals surface area contributed by atoms with Crippen LogP contribution in [0.2, 0.25) is 0 Å². The van der Waals surface area contributed by atoms with Crippen LogP contribution < -0.4 is 0 Å². The van der Waals surface area contributed by atoms with Gasteiger partial charge < -0.3 is 14.1 Å². The van der Waals surface area contributed by atoms with Crippen LogP contribution >= 0.6 is 15.9 Å². The van der Waals surface area contributed by atoms with Crippen molar-refractivity contribution in [1.82, 2.24) is 4.90 Å². The SMILES string of the molecule is CCc1cc(Br)cc2cc(C(=O)N3CCC4(CC3)OCc3ccccc34)oc12. The van der Waals surface area contributed by atoms with Crippen molar-refractivity contribution in [3.05, 3.63) is 69.4 Å². The lowest BCUT2D eigenvalue weighted by molar-refractivity contribution is -0.0744. The number of fused-ring (bicyclic) bond motifs is 3. The van der Waals surface area contributed by atoms with Gasteiger partial charge in [0, 0.05) is 22.9 Å². The normalized spacial score (nSPS) is 18.0. The summed E-state index contributed by atoms with van der Waals surface area (Å²) in [5.74, 6) is 0.391. The number of amides is 1. The van der Waals surface area contributed by atoms with Crippen molar-refractivity contribution in [1.29, 1.82) is 0 Å². The molecule has 4 nitrogen and oxygen atoms in total. The molecule has 1 aromatic heterocycles. The van der Waals surface area contributed by atoms with Gasteiger partial charge in [0.25, 0.3) is 5.91 Å². The van der Waals surface area contributed by atoms with Crippen LogP contribution in [0, 0.1) is 0 Å². The van der Waals surface area contributed by atoms with E-state index in [1.54, 1.807) is 0 Å². The molecular formula is C23H22BrNO3. The summed E-state index contributed by atoms with van der Waals surface area (Å²) in [4.78, 5) is 15.0. The van der Waals surface area contributed by atoms with Crippen LogP contribution in [0.5, 0.6) is 0 Å². The predicted octanol–water partition coefficient (Wildman–Crippen LogP) is 5.42. The Morgan fingerprint density at radius 3 is 2.75 bits per heavy atom. The van der Waals surface area contributed by atoms with Crippen LogP contribution in [0.15, 0.2) is 51.4 Å². The van der Waals surface area contributed by atoms with Crippen molar-refractivity contribution < 1.29 is 13.9 Å². The molecule has 28 heavy (non-hydrogen) atoms. The molecule has 5 rings (SSSR count). The summed E-state index contributed by atoms with van der Waals surface area (Å²) in [5.41, 5.74) is 4.26. The molecule has 0 N–H and O–H groups in total. The molecule has 0 aliphatic carbocycles. The molecule has 0 atom stereocenters. The van der Waals surface area contributed by atoms with Crippen molar-refractivity contribution in [2.45, 2.75) is 38.4 Å². The minimum atomic E-state index is -0.235. The molecule has 3 heterocycles. The monoisotopic (exact) mass is 439 g/mol. The van der Waals surface area contributed by atoms with Gasteiger partial charge in [-0.2, -0.15) is 0 Å². The van der Waals surface area contributed by atoms with Gasteiger partial charge in [-0.1, -0.05) is 47.1 Å². The molecule has 0 radical (unpaired) electrons. The first-order valence-corrected chi connectivity index (χ1v) is 10.6. The van der Waals surface area contributed by atoms with Crippen LogP contribution in [-0.2, 0) is 23.4 Å². The summed E-state index contributed by atoms with van der Waals surface area (Å²) in [6.07, 6.45) is 2.50. The number of hydrogen-bond donors (Lipinski definition) is 0. The minimum Gasteiger partial charge on any atom is -0.451 e. The van der Waals surface area contributed by atoms with Crippen molar-refractivity contribution in [2.24, 2.45) is 0 Å². The van der Waals surface area contributed by atoms with E-state index in [2.05, 4.69) is 53.2 Å². The summed E-state index contributed by atoms with van der Waals surface area (Å²) in [5, 5.41) is 0.969. The maximum absolute atomic E-state index is 13.1. The van der Waals surface area contributed by atoms with E-state index < -0.39 is 0 Å². The second kappa shape index (κ2) is 6.75. The highest BCUT2D eigenvalue weighted by atomic mass is 79.9. The van der Waals surface area contributed by atoms with E-state index in [0.717, 1.165) is 40.3 Å². The topological polar surface area (TPSA) is 42.7 Å². The average molecular weight is 440 g/mol. The Labute approximate surface area is 172 Å². The zero-order valence-electron chi connectivity index (χ0n) is 15.8. The standard InChI is InChI=1S/C23H22BrNO3/c1-2-15-11-18(24)12-17-13-20(28-21(15)17)22(26)25-9-7-23(8-10-25)19-6-4-3-5-16(19)14-27-23/h3-6,11-13H,2,7-10,14H2,1H3. The number of piperidine rings is 1. The third-order valence-electron chi connectivity index (χ3n) is 6.12. The highest BCUT2D eigenvalue weighted by molar-refractivity contribution is 9.10. The molecule has 0 unspecified atom stereocenters. The lowest BCUT2D eigenvalue weighted by Gasteiger charge is -2.39. The zero-order chi connectivity index (χ0) is 19.3. The second-order valence-electron chi connectivity index (χ2n) is 7.68. The smallest absolute Gasteiger partial charge is 0.289 e. The summed E-state index contributed by atoms with van der Waals surface area (Å²) < 4.78 is 13.2. The largest absolute Gasteiger partial charge is 0.451 e. The lowest BCUT2D eigenvalue weighted by atomic mass is 9.84. The lowest BCUT2D eigenvalue weighted by Crippen LogP contribution is -2.45. The van der Waals surface area contributed by atoms with Gasteiger partial charge in [-0.05, 0) is 54.2 Å². The maximum Gasteiger partial charge on any atom is 0.289 e. The molecule has 5 heteroatoms. The number of carbonyl (C=O) groups excluding carboxylic acids is 1. The second-order valence-corrected chi connectivity index (χ2v) is 8.60. The number of likely N-dealkylation sites (tertiary alicyclic amines) is 1. The van der Waals surface area contributed by atoms with Gasteiger partial charge >= 0.3 is 0 Å². The number of carbonyl (C=O) groups is 1. The molecule has 2 aliphatic rings. The molecular weight excluding hydrogens is 418 g/mol. The summed E-state index contributed by atoms with van der Waals surface area (Å²) >= 11 is 3.54.